The van der Waals surface area contributed by atoms with Gasteiger partial charge in [-0.05, 0) is 78.2 Å². The molecule has 1 saturated carbocycles. The molecular formula is C24H32F3N5O5S2. The van der Waals surface area contributed by atoms with Crippen LogP contribution in [0.5, 0.6) is 0 Å². The number of nitrogens with one attached hydrogen (secondary N) is 2. The van der Waals surface area contributed by atoms with Crippen LogP contribution in [-0.2, 0) is 28.9 Å². The zero-order chi connectivity index (χ0) is 29.3. The van der Waals surface area contributed by atoms with Crippen LogP contribution in [0.15, 0.2) is 10.4 Å². The largest absolute Gasteiger partial charge is 0.464 e. The molecule has 1 aromatic rings. The number of hydrogen-bond acceptors (Lipinski definition) is 7. The van der Waals surface area contributed by atoms with Gasteiger partial charge < -0.3 is 15.5 Å². The van der Waals surface area contributed by atoms with E-state index in [-0.39, 0.29) is 21.2 Å². The Morgan fingerprint density at radius 2 is 1.82 bits per heavy atom. The lowest BCUT2D eigenvalue weighted by Gasteiger charge is -2.34. The number of aliphatic hydroxyl groups is 1. The molecule has 10 nitrogen and oxygen atoms in total. The van der Waals surface area contributed by atoms with Gasteiger partial charge in [-0.2, -0.15) is 13.2 Å². The number of carbonyl (C=O) groups is 2. The first kappa shape index (κ1) is 29.5. The van der Waals surface area contributed by atoms with Crippen molar-refractivity contribution in [1.82, 2.24) is 14.2 Å². The van der Waals surface area contributed by atoms with E-state index >= 15 is 0 Å². The highest BCUT2D eigenvalue weighted by molar-refractivity contribution is 8.19. The van der Waals surface area contributed by atoms with Gasteiger partial charge in [-0.3, -0.25) is 4.90 Å². The van der Waals surface area contributed by atoms with E-state index in [0.717, 1.165) is 11.1 Å². The SMILES string of the molecule is CC(C)(O)[C@@H]1SC([S@@](=N)(=O)N(C(=O)O)C(C)(C)C)=CN1C(=O)Nc1c2c(nc(C(F)(F)F)c1C1CC1)CCC2. The summed E-state index contributed by atoms with van der Waals surface area (Å²) < 4.78 is 64.4. The first-order chi connectivity index (χ1) is 17.7. The van der Waals surface area contributed by atoms with Crippen molar-refractivity contribution in [3.05, 3.63) is 33.0 Å². The lowest BCUT2D eigenvalue weighted by molar-refractivity contribution is -0.141. The maximum absolute atomic E-state index is 14.0. The van der Waals surface area contributed by atoms with Crippen molar-refractivity contribution < 1.29 is 37.2 Å². The number of rotatable bonds is 5. The Bertz CT molecular complexity index is 1350. The van der Waals surface area contributed by atoms with Crippen LogP contribution < -0.4 is 5.32 Å². The number of nitrogens with zero attached hydrogens (tertiary/aromatic N) is 3. The molecule has 4 rings (SSSR count). The maximum Gasteiger partial charge on any atom is 0.433 e. The molecule has 0 aromatic carbocycles. The van der Waals surface area contributed by atoms with Crippen LogP contribution in [-0.4, -0.2) is 57.2 Å². The molecule has 2 atom stereocenters. The molecule has 2 aliphatic carbocycles. The molecule has 1 aliphatic heterocycles. The molecule has 0 radical (unpaired) electrons. The van der Waals surface area contributed by atoms with E-state index in [2.05, 4.69) is 10.3 Å². The molecule has 1 aromatic heterocycles. The lowest BCUT2D eigenvalue weighted by atomic mass is 10.00. The summed E-state index contributed by atoms with van der Waals surface area (Å²) in [4.78, 5) is 30.5. The van der Waals surface area contributed by atoms with E-state index in [1.54, 1.807) is 0 Å². The summed E-state index contributed by atoms with van der Waals surface area (Å²) in [5.41, 5.74) is -3.04. The van der Waals surface area contributed by atoms with Crippen LogP contribution in [0.3, 0.4) is 0 Å². The van der Waals surface area contributed by atoms with E-state index in [0.29, 0.717) is 53.7 Å². The predicted molar refractivity (Wildman–Crippen MR) is 140 cm³/mol. The highest BCUT2D eigenvalue weighted by Crippen LogP contribution is 2.51. The van der Waals surface area contributed by atoms with Crippen LogP contribution in [0, 0.1) is 4.78 Å². The summed E-state index contributed by atoms with van der Waals surface area (Å²) in [5, 5.41) is 22.0. The number of carboxylic acid groups (broad SMARTS) is 1. The Balaban J connectivity index is 1.79. The van der Waals surface area contributed by atoms with Gasteiger partial charge >= 0.3 is 18.3 Å². The van der Waals surface area contributed by atoms with E-state index in [9.17, 15) is 37.2 Å². The van der Waals surface area contributed by atoms with Gasteiger partial charge in [-0.25, -0.2) is 27.9 Å². The first-order valence-electron chi connectivity index (χ1n) is 12.4. The number of thioether (sulfide) groups is 1. The molecule has 216 valence electrons. The summed E-state index contributed by atoms with van der Waals surface area (Å²) in [6, 6.07) is -0.896. The molecule has 39 heavy (non-hydrogen) atoms. The topological polar surface area (TPSA) is 147 Å². The molecular weight excluding hydrogens is 559 g/mol. The summed E-state index contributed by atoms with van der Waals surface area (Å²) >= 11 is 0.705. The minimum Gasteiger partial charge on any atom is -0.464 e. The number of aryl methyl sites for hydroxylation is 1. The molecule has 3 amide bonds. The van der Waals surface area contributed by atoms with Crippen LogP contribution >= 0.6 is 11.8 Å². The number of aromatic nitrogens is 1. The van der Waals surface area contributed by atoms with Gasteiger partial charge in [0.15, 0.2) is 9.92 Å². The highest BCUT2D eigenvalue weighted by Gasteiger charge is 2.48. The van der Waals surface area contributed by atoms with Crippen LogP contribution in [0.25, 0.3) is 0 Å². The fourth-order valence-corrected chi connectivity index (χ4v) is 8.33. The lowest BCUT2D eigenvalue weighted by Crippen LogP contribution is -2.48. The third-order valence-corrected chi connectivity index (χ3v) is 10.8. The molecule has 0 spiro atoms. The molecule has 0 unspecified atom stereocenters. The molecule has 0 bridgehead atoms. The number of amides is 3. The number of fused-ring (bicyclic) bond motifs is 1. The second-order valence-corrected chi connectivity index (χ2v) is 14.7. The summed E-state index contributed by atoms with van der Waals surface area (Å²) in [7, 11) is -4.17. The monoisotopic (exact) mass is 591 g/mol. The van der Waals surface area contributed by atoms with E-state index in [4.69, 9.17) is 4.78 Å². The van der Waals surface area contributed by atoms with Gasteiger partial charge in [0.05, 0.1) is 16.8 Å². The summed E-state index contributed by atoms with van der Waals surface area (Å²) in [5.74, 6) is -0.401. The molecule has 3 aliphatic rings. The minimum absolute atomic E-state index is 0.0542. The van der Waals surface area contributed by atoms with Gasteiger partial charge in [0.1, 0.15) is 15.3 Å². The average Bonchev–Trinajstić information content (AvgIpc) is 3.27. The van der Waals surface area contributed by atoms with Crippen molar-refractivity contribution >= 4 is 39.5 Å². The van der Waals surface area contributed by atoms with Gasteiger partial charge in [-0.15, -0.1) is 0 Å². The highest BCUT2D eigenvalue weighted by atomic mass is 32.3. The third kappa shape index (κ3) is 5.57. The Labute approximate surface area is 229 Å². The van der Waals surface area contributed by atoms with Crippen molar-refractivity contribution in [3.8, 4) is 0 Å². The van der Waals surface area contributed by atoms with Crippen molar-refractivity contribution in [2.45, 2.75) is 95.3 Å². The standard InChI is InChI=1S/C24H32F3N5O5S2/c1-22(2,3)32(21(34)35)39(28,37)15-11-31(19(38-15)23(4,5)36)20(33)30-17-13-7-6-8-14(13)29-18(24(25,26)27)16(17)12-9-10-12/h11-12,19,28,36H,6-10H2,1-5H3,(H,34,35)(H,29,30,33)/t19-,39-/m0/s1. The fraction of sp³-hybridized carbons (Fsp3) is 0.625. The average molecular weight is 592 g/mol. The molecule has 15 heteroatoms. The number of alkyl halides is 3. The van der Waals surface area contributed by atoms with Gasteiger partial charge in [0.25, 0.3) is 0 Å². The fourth-order valence-electron chi connectivity index (χ4n) is 4.93. The number of halogens is 3. The predicted octanol–water partition coefficient (Wildman–Crippen LogP) is 5.68. The van der Waals surface area contributed by atoms with Gasteiger partial charge in [-0.1, -0.05) is 11.8 Å². The zero-order valence-electron chi connectivity index (χ0n) is 22.2. The van der Waals surface area contributed by atoms with Crippen molar-refractivity contribution in [1.29, 1.82) is 4.78 Å². The second kappa shape index (κ2) is 9.54. The number of hydrogen-bond donors (Lipinski definition) is 4. The number of anilines is 1. The Kier molecular flexibility index (Phi) is 7.21. The number of pyridine rings is 1. The smallest absolute Gasteiger partial charge is 0.433 e. The van der Waals surface area contributed by atoms with Gasteiger partial charge in [0, 0.05) is 17.5 Å². The third-order valence-electron chi connectivity index (χ3n) is 6.62. The minimum atomic E-state index is -4.72. The molecule has 2 heterocycles. The van der Waals surface area contributed by atoms with Crippen molar-refractivity contribution in [2.75, 3.05) is 5.32 Å². The van der Waals surface area contributed by atoms with E-state index in [1.165, 1.54) is 34.6 Å². The Morgan fingerprint density at radius 3 is 2.31 bits per heavy atom. The van der Waals surface area contributed by atoms with Gasteiger partial charge in [0.2, 0.25) is 0 Å². The van der Waals surface area contributed by atoms with Crippen molar-refractivity contribution in [2.24, 2.45) is 0 Å². The van der Waals surface area contributed by atoms with Crippen LogP contribution in [0.4, 0.5) is 28.4 Å². The van der Waals surface area contributed by atoms with E-state index in [1.807, 2.05) is 0 Å². The number of carbonyl (C=O) groups excluding carboxylic acids is 1. The Morgan fingerprint density at radius 1 is 1.21 bits per heavy atom. The van der Waals surface area contributed by atoms with Crippen LogP contribution in [0.2, 0.25) is 0 Å². The zero-order valence-corrected chi connectivity index (χ0v) is 23.8. The van der Waals surface area contributed by atoms with E-state index < -0.39 is 56.3 Å². The first-order valence-corrected chi connectivity index (χ1v) is 14.8. The quantitative estimate of drug-likeness (QED) is 0.344. The molecule has 0 saturated heterocycles. The number of urea groups is 1. The maximum atomic E-state index is 14.0. The normalized spacial score (nSPS) is 21.3. The summed E-state index contributed by atoms with van der Waals surface area (Å²) in [6.07, 6.45) is -2.84. The van der Waals surface area contributed by atoms with Crippen LogP contribution in [0.1, 0.15) is 82.3 Å². The summed E-state index contributed by atoms with van der Waals surface area (Å²) in [6.45, 7) is 7.17. The Hall–Kier alpha value is -2.52. The van der Waals surface area contributed by atoms with Crippen molar-refractivity contribution in [3.63, 3.8) is 0 Å². The molecule has 1 fully saturated rings. The molecule has 4 N–H and O–H groups in total. The second-order valence-electron chi connectivity index (χ2n) is 11.5.